The summed E-state index contributed by atoms with van der Waals surface area (Å²) < 4.78 is 13.6. The lowest BCUT2D eigenvalue weighted by atomic mass is 9.92. The number of rotatable bonds is 6. The highest BCUT2D eigenvalue weighted by Gasteiger charge is 2.29. The summed E-state index contributed by atoms with van der Waals surface area (Å²) >= 11 is 6.33. The van der Waals surface area contributed by atoms with E-state index < -0.39 is 11.9 Å². The van der Waals surface area contributed by atoms with Crippen LogP contribution in [0, 0.1) is 5.92 Å². The number of benzene rings is 2. The Morgan fingerprint density at radius 1 is 1.13 bits per heavy atom. The molecular formula is C30H32ClN3O5. The molecule has 2 amide bonds. The Morgan fingerprint density at radius 3 is 2.64 bits per heavy atom. The van der Waals surface area contributed by atoms with Gasteiger partial charge in [-0.05, 0) is 79.1 Å². The van der Waals surface area contributed by atoms with E-state index in [1.165, 1.54) is 10.6 Å². The Balaban J connectivity index is 1.53. The molecule has 1 fully saturated rings. The second-order valence-electron chi connectivity index (χ2n) is 10.4. The molecule has 2 aliphatic heterocycles. The molecule has 0 unspecified atom stereocenters. The van der Waals surface area contributed by atoms with Crippen LogP contribution < -0.4 is 21.3 Å². The Kier molecular flexibility index (Phi) is 8.04. The van der Waals surface area contributed by atoms with Crippen LogP contribution in [0.15, 0.2) is 59.5 Å². The molecular weight excluding hydrogens is 518 g/mol. The van der Waals surface area contributed by atoms with Gasteiger partial charge in [-0.25, -0.2) is 0 Å². The van der Waals surface area contributed by atoms with Crippen LogP contribution in [0.1, 0.15) is 54.6 Å². The number of amides is 2. The van der Waals surface area contributed by atoms with Crippen molar-refractivity contribution in [3.05, 3.63) is 81.2 Å². The van der Waals surface area contributed by atoms with Gasteiger partial charge in [-0.2, -0.15) is 0 Å². The van der Waals surface area contributed by atoms with Crippen LogP contribution in [-0.2, 0) is 16.0 Å². The first-order valence-corrected chi connectivity index (χ1v) is 13.7. The van der Waals surface area contributed by atoms with E-state index in [1.54, 1.807) is 30.5 Å². The molecule has 3 heterocycles. The number of hydrogen-bond donors (Lipinski definition) is 2. The number of aromatic nitrogens is 1. The normalized spacial score (nSPS) is 19.4. The average molecular weight is 550 g/mol. The first-order chi connectivity index (χ1) is 18.8. The third-order valence-electron chi connectivity index (χ3n) is 7.33. The number of carbonyl (C=O) groups excluding carboxylic acids is 2. The highest BCUT2D eigenvalue weighted by molar-refractivity contribution is 6.30. The standard InChI is InChI=1S/C30H32ClN3O5/c1-18-12-20-5-8-21(31)13-24(20)25-15-28(35)34(16-27(25)39-17-18)26(14-23-4-2-3-11-38-23)30(37)33-22-9-6-19(7-10-22)29(32)36/h5-10,13,15-16,18,23,26H,2-4,11-12,14,17H2,1H3,(H2,32,36)(H,33,37)/t18-,23+,26+/m1/s1. The highest BCUT2D eigenvalue weighted by atomic mass is 35.5. The largest absolute Gasteiger partial charge is 0.491 e. The zero-order valence-electron chi connectivity index (χ0n) is 21.8. The van der Waals surface area contributed by atoms with Crippen molar-refractivity contribution in [2.75, 3.05) is 18.5 Å². The molecule has 1 saturated heterocycles. The van der Waals surface area contributed by atoms with Gasteiger partial charge >= 0.3 is 0 Å². The smallest absolute Gasteiger partial charge is 0.252 e. The minimum Gasteiger partial charge on any atom is -0.491 e. The van der Waals surface area contributed by atoms with Gasteiger partial charge in [0.15, 0.2) is 0 Å². The van der Waals surface area contributed by atoms with Crippen LogP contribution >= 0.6 is 11.6 Å². The number of ether oxygens (including phenoxy) is 2. The van der Waals surface area contributed by atoms with Crippen LogP contribution in [0.25, 0.3) is 11.1 Å². The van der Waals surface area contributed by atoms with Gasteiger partial charge in [0.25, 0.3) is 5.56 Å². The van der Waals surface area contributed by atoms with Crippen LogP contribution in [0.4, 0.5) is 5.69 Å². The van der Waals surface area contributed by atoms with Crippen molar-refractivity contribution in [2.24, 2.45) is 11.7 Å². The molecule has 1 aromatic heterocycles. The lowest BCUT2D eigenvalue weighted by molar-refractivity contribution is -0.121. The van der Waals surface area contributed by atoms with E-state index in [1.807, 2.05) is 18.2 Å². The maximum Gasteiger partial charge on any atom is 0.252 e. The minimum atomic E-state index is -0.841. The van der Waals surface area contributed by atoms with Gasteiger partial charge < -0.3 is 20.5 Å². The Hall–Kier alpha value is -3.62. The predicted octanol–water partition coefficient (Wildman–Crippen LogP) is 4.98. The van der Waals surface area contributed by atoms with Crippen molar-refractivity contribution in [3.8, 4) is 16.9 Å². The molecule has 3 aromatic rings. The molecule has 0 radical (unpaired) electrons. The van der Waals surface area contributed by atoms with Crippen molar-refractivity contribution in [1.82, 2.24) is 4.57 Å². The highest BCUT2D eigenvalue weighted by Crippen LogP contribution is 2.37. The molecule has 0 aliphatic carbocycles. The van der Waals surface area contributed by atoms with Gasteiger partial charge in [-0.1, -0.05) is 24.6 Å². The van der Waals surface area contributed by atoms with E-state index >= 15 is 0 Å². The molecule has 5 rings (SSSR count). The van der Waals surface area contributed by atoms with Crippen molar-refractivity contribution in [3.63, 3.8) is 0 Å². The van der Waals surface area contributed by atoms with Crippen molar-refractivity contribution in [1.29, 1.82) is 0 Å². The van der Waals surface area contributed by atoms with Crippen molar-refractivity contribution in [2.45, 2.75) is 51.2 Å². The zero-order chi connectivity index (χ0) is 27.5. The molecule has 8 nitrogen and oxygen atoms in total. The molecule has 2 aromatic carbocycles. The number of hydrogen-bond acceptors (Lipinski definition) is 5. The van der Waals surface area contributed by atoms with Crippen LogP contribution in [0.2, 0.25) is 5.02 Å². The first kappa shape index (κ1) is 27.0. The van der Waals surface area contributed by atoms with E-state index in [-0.39, 0.29) is 23.5 Å². The quantitative estimate of drug-likeness (QED) is 0.450. The van der Waals surface area contributed by atoms with E-state index in [4.69, 9.17) is 26.8 Å². The van der Waals surface area contributed by atoms with E-state index in [0.717, 1.165) is 36.8 Å². The number of nitrogens with two attached hydrogens (primary N) is 1. The fourth-order valence-corrected chi connectivity index (χ4v) is 5.45. The SMILES string of the molecule is C[C@H]1COc2cn([C@@H](C[C@@H]3CCCCO3)C(=O)Nc3ccc(C(N)=O)cc3)c(=O)cc2-c2cc(Cl)ccc2C1. The van der Waals surface area contributed by atoms with Gasteiger partial charge in [0.05, 0.1) is 18.9 Å². The molecule has 3 atom stereocenters. The fourth-order valence-electron chi connectivity index (χ4n) is 5.27. The number of fused-ring (bicyclic) bond motifs is 3. The molecule has 3 N–H and O–H groups in total. The Morgan fingerprint density at radius 2 is 1.92 bits per heavy atom. The lowest BCUT2D eigenvalue weighted by Gasteiger charge is -2.29. The van der Waals surface area contributed by atoms with E-state index in [0.29, 0.717) is 47.2 Å². The fraction of sp³-hybridized carbons (Fsp3) is 0.367. The summed E-state index contributed by atoms with van der Waals surface area (Å²) in [7, 11) is 0. The second-order valence-corrected chi connectivity index (χ2v) is 10.8. The number of carbonyl (C=O) groups is 2. The van der Waals surface area contributed by atoms with Gasteiger partial charge in [0.1, 0.15) is 11.8 Å². The first-order valence-electron chi connectivity index (χ1n) is 13.3. The molecule has 0 spiro atoms. The summed E-state index contributed by atoms with van der Waals surface area (Å²) in [5.74, 6) is -0.139. The minimum absolute atomic E-state index is 0.152. The number of anilines is 1. The van der Waals surface area contributed by atoms with Crippen LogP contribution in [-0.4, -0.2) is 35.7 Å². The van der Waals surface area contributed by atoms with Gasteiger partial charge in [0.2, 0.25) is 11.8 Å². The summed E-state index contributed by atoms with van der Waals surface area (Å²) in [6.45, 7) is 3.22. The van der Waals surface area contributed by atoms with E-state index in [9.17, 15) is 14.4 Å². The number of halogens is 1. The van der Waals surface area contributed by atoms with Gasteiger partial charge in [-0.3, -0.25) is 19.0 Å². The topological polar surface area (TPSA) is 113 Å². The molecule has 204 valence electrons. The van der Waals surface area contributed by atoms with Crippen LogP contribution in [0.5, 0.6) is 5.75 Å². The summed E-state index contributed by atoms with van der Waals surface area (Å²) in [4.78, 5) is 38.7. The zero-order valence-corrected chi connectivity index (χ0v) is 22.6. The van der Waals surface area contributed by atoms with Crippen molar-refractivity contribution >= 4 is 29.1 Å². The maximum atomic E-state index is 13.7. The third-order valence-corrected chi connectivity index (χ3v) is 7.57. The predicted molar refractivity (Wildman–Crippen MR) is 150 cm³/mol. The number of nitrogens with one attached hydrogen (secondary N) is 1. The Bertz CT molecular complexity index is 1430. The molecule has 9 heteroatoms. The summed E-state index contributed by atoms with van der Waals surface area (Å²) in [5.41, 5.74) is 8.46. The van der Waals surface area contributed by atoms with E-state index in [2.05, 4.69) is 12.2 Å². The number of nitrogens with zero attached hydrogens (tertiary/aromatic N) is 1. The lowest BCUT2D eigenvalue weighted by Crippen LogP contribution is -2.36. The second kappa shape index (κ2) is 11.6. The molecule has 0 bridgehead atoms. The monoisotopic (exact) mass is 549 g/mol. The number of pyridine rings is 1. The Labute approximate surface area is 232 Å². The summed E-state index contributed by atoms with van der Waals surface area (Å²) in [5, 5.41) is 3.47. The molecule has 2 aliphatic rings. The van der Waals surface area contributed by atoms with Gasteiger partial charge in [-0.15, -0.1) is 0 Å². The van der Waals surface area contributed by atoms with Crippen LogP contribution in [0.3, 0.4) is 0 Å². The van der Waals surface area contributed by atoms with Gasteiger partial charge in [0, 0.05) is 40.9 Å². The third kappa shape index (κ3) is 6.18. The van der Waals surface area contributed by atoms with Crippen molar-refractivity contribution < 1.29 is 19.1 Å². The number of primary amides is 1. The molecule has 39 heavy (non-hydrogen) atoms. The molecule has 0 saturated carbocycles. The average Bonchev–Trinajstić information content (AvgIpc) is 2.92. The summed E-state index contributed by atoms with van der Waals surface area (Å²) in [6, 6.07) is 12.7. The maximum absolute atomic E-state index is 13.7. The summed E-state index contributed by atoms with van der Waals surface area (Å²) in [6.07, 6.45) is 5.43.